The number of nitrogens with zero attached hydrogens (tertiary/aromatic N) is 4. The van der Waals surface area contributed by atoms with E-state index in [-0.39, 0.29) is 42.2 Å². The van der Waals surface area contributed by atoms with Crippen molar-refractivity contribution in [3.8, 4) is 11.4 Å². The van der Waals surface area contributed by atoms with Gasteiger partial charge in [-0.25, -0.2) is 23.1 Å². The molecule has 1 fully saturated rings. The van der Waals surface area contributed by atoms with Gasteiger partial charge in [-0.2, -0.15) is 13.2 Å². The SMILES string of the molecule is N[C@@H](CC(=O)N1CCc2c(nc(-c3ccc(F)cc3)nc2C(F)(F)F)C1)CN1C(=O)CCC(F)(F)C1O. The lowest BCUT2D eigenvalue weighted by Crippen LogP contribution is -2.58. The topological polar surface area (TPSA) is 113 Å². The summed E-state index contributed by atoms with van der Waals surface area (Å²) in [5.74, 6) is -5.69. The first kappa shape index (κ1) is 26.8. The van der Waals surface area contributed by atoms with E-state index in [4.69, 9.17) is 5.73 Å². The Kier molecular flexibility index (Phi) is 7.16. The maximum Gasteiger partial charge on any atom is 0.433 e. The van der Waals surface area contributed by atoms with Gasteiger partial charge in [-0.15, -0.1) is 0 Å². The standard InChI is InChI=1S/C23H23F6N5O3/c24-13-3-1-12(2-4-13)20-31-16-11-33(8-6-15(16)19(32-20)23(27,28)29)18(36)9-14(30)10-34-17(35)5-7-22(25,26)21(34)37/h1-4,14,21,37H,5-11,30H2/t14-,21?/m0/s1. The molecule has 3 heterocycles. The van der Waals surface area contributed by atoms with Gasteiger partial charge in [0.05, 0.1) is 12.2 Å². The van der Waals surface area contributed by atoms with Crippen LogP contribution in [0, 0.1) is 5.82 Å². The summed E-state index contributed by atoms with van der Waals surface area (Å²) in [4.78, 5) is 34.5. The molecular formula is C23H23F6N5O3. The van der Waals surface area contributed by atoms with Crippen molar-refractivity contribution in [1.29, 1.82) is 0 Å². The molecule has 2 atom stereocenters. The number of nitrogens with two attached hydrogens (primary N) is 1. The van der Waals surface area contributed by atoms with E-state index in [1.54, 1.807) is 0 Å². The minimum Gasteiger partial charge on any atom is -0.368 e. The van der Waals surface area contributed by atoms with Crippen LogP contribution >= 0.6 is 0 Å². The van der Waals surface area contributed by atoms with Crippen LogP contribution in [0.4, 0.5) is 26.3 Å². The molecule has 14 heteroatoms. The van der Waals surface area contributed by atoms with Crippen molar-refractivity contribution in [3.63, 3.8) is 0 Å². The lowest BCUT2D eigenvalue weighted by Gasteiger charge is -2.38. The number of benzene rings is 1. The number of halogens is 6. The summed E-state index contributed by atoms with van der Waals surface area (Å²) in [5, 5.41) is 9.81. The van der Waals surface area contributed by atoms with Crippen molar-refractivity contribution in [2.24, 2.45) is 5.73 Å². The lowest BCUT2D eigenvalue weighted by molar-refractivity contribution is -0.205. The Labute approximate surface area is 207 Å². The summed E-state index contributed by atoms with van der Waals surface area (Å²) >= 11 is 0. The van der Waals surface area contributed by atoms with Crippen LogP contribution in [0.1, 0.15) is 36.2 Å². The molecule has 2 aromatic rings. The molecule has 4 rings (SSSR count). The molecule has 2 aliphatic heterocycles. The average Bonchev–Trinajstić information content (AvgIpc) is 2.83. The molecule has 0 spiro atoms. The first-order valence-corrected chi connectivity index (χ1v) is 11.4. The molecule has 0 bridgehead atoms. The van der Waals surface area contributed by atoms with Gasteiger partial charge in [0, 0.05) is 49.5 Å². The van der Waals surface area contributed by atoms with E-state index in [1.165, 1.54) is 17.0 Å². The quantitative estimate of drug-likeness (QED) is 0.574. The molecule has 1 aromatic carbocycles. The molecule has 2 aliphatic rings. The molecule has 3 N–H and O–H groups in total. The number of aromatic nitrogens is 2. The number of alkyl halides is 5. The summed E-state index contributed by atoms with van der Waals surface area (Å²) in [5.41, 5.74) is 4.74. The summed E-state index contributed by atoms with van der Waals surface area (Å²) < 4.78 is 82.1. The third kappa shape index (κ3) is 5.69. The number of hydrogen-bond donors (Lipinski definition) is 2. The van der Waals surface area contributed by atoms with Crippen LogP contribution in [0.25, 0.3) is 11.4 Å². The second-order valence-corrected chi connectivity index (χ2v) is 9.04. The number of likely N-dealkylation sites (tertiary alicyclic amines) is 1. The van der Waals surface area contributed by atoms with Crippen molar-refractivity contribution in [2.75, 3.05) is 13.1 Å². The van der Waals surface area contributed by atoms with Crippen LogP contribution in [-0.4, -0.2) is 68.0 Å². The fraction of sp³-hybridized carbons (Fsp3) is 0.478. The number of hydrogen-bond acceptors (Lipinski definition) is 6. The van der Waals surface area contributed by atoms with Crippen molar-refractivity contribution in [1.82, 2.24) is 19.8 Å². The Balaban J connectivity index is 1.51. The summed E-state index contributed by atoms with van der Waals surface area (Å²) in [7, 11) is 0. The highest BCUT2D eigenvalue weighted by Gasteiger charge is 2.48. The maximum absolute atomic E-state index is 13.8. The molecule has 0 radical (unpaired) electrons. The van der Waals surface area contributed by atoms with Crippen LogP contribution < -0.4 is 5.73 Å². The van der Waals surface area contributed by atoms with Crippen LogP contribution in [0.5, 0.6) is 0 Å². The number of aliphatic hydroxyl groups is 1. The summed E-state index contributed by atoms with van der Waals surface area (Å²) in [6.45, 7) is -0.880. The van der Waals surface area contributed by atoms with E-state index in [9.17, 15) is 41.0 Å². The highest BCUT2D eigenvalue weighted by Crippen LogP contribution is 2.36. The molecule has 2 amide bonds. The zero-order valence-electron chi connectivity index (χ0n) is 19.3. The maximum atomic E-state index is 13.8. The monoisotopic (exact) mass is 531 g/mol. The molecule has 8 nitrogen and oxygen atoms in total. The van der Waals surface area contributed by atoms with E-state index in [2.05, 4.69) is 9.97 Å². The molecule has 37 heavy (non-hydrogen) atoms. The number of aliphatic hydroxyl groups excluding tert-OH is 1. The molecule has 0 aliphatic carbocycles. The van der Waals surface area contributed by atoms with Gasteiger partial charge < -0.3 is 20.6 Å². The van der Waals surface area contributed by atoms with E-state index >= 15 is 0 Å². The van der Waals surface area contributed by atoms with Crippen LogP contribution in [0.15, 0.2) is 24.3 Å². The predicted molar refractivity (Wildman–Crippen MR) is 116 cm³/mol. The Hall–Kier alpha value is -3.26. The first-order valence-electron chi connectivity index (χ1n) is 11.4. The lowest BCUT2D eigenvalue weighted by atomic mass is 10.0. The van der Waals surface area contributed by atoms with Gasteiger partial charge in [0.15, 0.2) is 17.7 Å². The van der Waals surface area contributed by atoms with Gasteiger partial charge >= 0.3 is 6.18 Å². The summed E-state index contributed by atoms with van der Waals surface area (Å²) in [6, 6.07) is 3.49. The zero-order valence-corrected chi connectivity index (χ0v) is 19.3. The number of carbonyl (C=O) groups excluding carboxylic acids is 2. The molecule has 1 saturated heterocycles. The van der Waals surface area contributed by atoms with Crippen molar-refractivity contribution >= 4 is 11.8 Å². The molecular weight excluding hydrogens is 508 g/mol. The highest BCUT2D eigenvalue weighted by molar-refractivity contribution is 5.79. The van der Waals surface area contributed by atoms with E-state index < -0.39 is 73.5 Å². The minimum absolute atomic E-state index is 0.0314. The Bertz CT molecular complexity index is 1190. The fourth-order valence-corrected chi connectivity index (χ4v) is 4.39. The van der Waals surface area contributed by atoms with Gasteiger partial charge in [0.1, 0.15) is 5.82 Å². The second-order valence-electron chi connectivity index (χ2n) is 9.04. The van der Waals surface area contributed by atoms with Crippen LogP contribution in [0.2, 0.25) is 0 Å². The van der Waals surface area contributed by atoms with Crippen molar-refractivity contribution in [2.45, 2.75) is 56.6 Å². The zero-order chi connectivity index (χ0) is 27.1. The van der Waals surface area contributed by atoms with Crippen LogP contribution in [-0.2, 0) is 28.7 Å². The molecule has 200 valence electrons. The second kappa shape index (κ2) is 9.89. The summed E-state index contributed by atoms with van der Waals surface area (Å²) in [6.07, 6.45) is -9.03. The highest BCUT2D eigenvalue weighted by atomic mass is 19.4. The predicted octanol–water partition coefficient (Wildman–Crippen LogP) is 2.48. The number of fused-ring (bicyclic) bond motifs is 1. The van der Waals surface area contributed by atoms with Gasteiger partial charge in [-0.3, -0.25) is 9.59 Å². The van der Waals surface area contributed by atoms with Crippen molar-refractivity contribution in [3.05, 3.63) is 47.0 Å². The Morgan fingerprint density at radius 3 is 2.51 bits per heavy atom. The fourth-order valence-electron chi connectivity index (χ4n) is 4.39. The Morgan fingerprint density at radius 1 is 1.19 bits per heavy atom. The van der Waals surface area contributed by atoms with E-state index in [1.807, 2.05) is 0 Å². The average molecular weight is 531 g/mol. The largest absolute Gasteiger partial charge is 0.433 e. The van der Waals surface area contributed by atoms with E-state index in [0.29, 0.717) is 4.90 Å². The first-order chi connectivity index (χ1) is 17.3. The van der Waals surface area contributed by atoms with Gasteiger partial charge in [0.25, 0.3) is 5.92 Å². The normalized spacial score (nSPS) is 20.5. The number of rotatable bonds is 5. The minimum atomic E-state index is -4.79. The number of piperidine rings is 1. The molecule has 1 unspecified atom stereocenters. The smallest absolute Gasteiger partial charge is 0.368 e. The van der Waals surface area contributed by atoms with Gasteiger partial charge in [-0.05, 0) is 30.7 Å². The molecule has 1 aromatic heterocycles. The third-order valence-electron chi connectivity index (χ3n) is 6.32. The van der Waals surface area contributed by atoms with Gasteiger partial charge in [0.2, 0.25) is 11.8 Å². The Morgan fingerprint density at radius 2 is 1.86 bits per heavy atom. The van der Waals surface area contributed by atoms with Crippen LogP contribution in [0.3, 0.4) is 0 Å². The van der Waals surface area contributed by atoms with E-state index in [0.717, 1.165) is 12.1 Å². The molecule has 0 saturated carbocycles. The van der Waals surface area contributed by atoms with Gasteiger partial charge in [-0.1, -0.05) is 0 Å². The van der Waals surface area contributed by atoms with Crippen molar-refractivity contribution < 1.29 is 41.0 Å². The third-order valence-corrected chi connectivity index (χ3v) is 6.32. The number of carbonyl (C=O) groups is 2. The number of amides is 2.